The highest BCUT2D eigenvalue weighted by Gasteiger charge is 2.20. The Balaban J connectivity index is 1.09. The summed E-state index contributed by atoms with van der Waals surface area (Å²) in [6.07, 6.45) is 0. The summed E-state index contributed by atoms with van der Waals surface area (Å²) < 4.78 is 13.0. The van der Waals surface area contributed by atoms with E-state index in [1.807, 2.05) is 12.1 Å². The monoisotopic (exact) mass is 703 g/mol. The van der Waals surface area contributed by atoms with E-state index in [4.69, 9.17) is 8.83 Å². The van der Waals surface area contributed by atoms with Crippen molar-refractivity contribution in [3.63, 3.8) is 0 Å². The Labute approximate surface area is 317 Å². The fraction of sp³-hybridized carbons (Fsp3) is 0. The van der Waals surface area contributed by atoms with Gasteiger partial charge in [-0.15, -0.1) is 0 Å². The maximum absolute atomic E-state index is 6.51. The average Bonchev–Trinajstić information content (AvgIpc) is 3.83. The van der Waals surface area contributed by atoms with Crippen LogP contribution in [-0.2, 0) is 0 Å². The highest BCUT2D eigenvalue weighted by atomic mass is 16.3. The van der Waals surface area contributed by atoms with Crippen molar-refractivity contribution in [2.45, 2.75) is 0 Å². The molecule has 0 unspecified atom stereocenters. The number of para-hydroxylation sites is 3. The summed E-state index contributed by atoms with van der Waals surface area (Å²) >= 11 is 0. The second kappa shape index (κ2) is 12.6. The van der Waals surface area contributed by atoms with Gasteiger partial charge in [0, 0.05) is 49.4 Å². The van der Waals surface area contributed by atoms with Crippen LogP contribution in [0.5, 0.6) is 0 Å². The second-order valence-electron chi connectivity index (χ2n) is 14.1. The van der Waals surface area contributed by atoms with Gasteiger partial charge in [0.25, 0.3) is 0 Å². The largest absolute Gasteiger partial charge is 0.455 e. The first kappa shape index (κ1) is 31.2. The molecule has 0 spiro atoms. The molecule has 0 atom stereocenters. The third-order valence-electron chi connectivity index (χ3n) is 10.9. The Hall–Kier alpha value is -7.36. The van der Waals surface area contributed by atoms with E-state index in [0.29, 0.717) is 0 Å². The second-order valence-corrected chi connectivity index (χ2v) is 14.1. The Bertz CT molecular complexity index is 3210. The molecule has 2 heterocycles. The van der Waals surface area contributed by atoms with E-state index < -0.39 is 0 Å². The van der Waals surface area contributed by atoms with Gasteiger partial charge in [0.1, 0.15) is 22.3 Å². The van der Waals surface area contributed by atoms with Gasteiger partial charge in [-0.25, -0.2) is 0 Å². The molecule has 0 amide bonds. The minimum absolute atomic E-state index is 0.883. The Morgan fingerprint density at radius 2 is 0.927 bits per heavy atom. The molecule has 0 aliphatic rings. The zero-order valence-corrected chi connectivity index (χ0v) is 29.8. The zero-order chi connectivity index (χ0) is 36.3. The maximum Gasteiger partial charge on any atom is 0.143 e. The summed E-state index contributed by atoms with van der Waals surface area (Å²) in [6.45, 7) is 0. The van der Waals surface area contributed by atoms with Crippen LogP contribution in [0.15, 0.2) is 209 Å². The molecule has 55 heavy (non-hydrogen) atoms. The van der Waals surface area contributed by atoms with Crippen molar-refractivity contribution in [3.05, 3.63) is 200 Å². The van der Waals surface area contributed by atoms with E-state index >= 15 is 0 Å². The lowest BCUT2D eigenvalue weighted by Gasteiger charge is -2.28. The van der Waals surface area contributed by atoms with Crippen molar-refractivity contribution >= 4 is 71.7 Å². The van der Waals surface area contributed by atoms with Gasteiger partial charge in [-0.2, -0.15) is 0 Å². The highest BCUT2D eigenvalue weighted by Crippen LogP contribution is 2.45. The lowest BCUT2D eigenvalue weighted by atomic mass is 9.98. The standard InChI is InChI=1S/C52H33NO2/c1-2-12-34(13-3-1)35-24-28-39(29-25-35)53(40-16-10-15-37(32-40)43-20-11-21-45-44-19-7-9-23-49(44)54-52(43)45)48-22-8-6-17-41(48)38-27-31-50-47(33-38)46-30-26-36-14-4-5-18-42(36)51(46)55-50/h1-33H. The van der Waals surface area contributed by atoms with Gasteiger partial charge in [0.15, 0.2) is 0 Å². The summed E-state index contributed by atoms with van der Waals surface area (Å²) in [7, 11) is 0. The normalized spacial score (nSPS) is 11.6. The smallest absolute Gasteiger partial charge is 0.143 e. The van der Waals surface area contributed by atoms with Crippen molar-refractivity contribution in [2.75, 3.05) is 4.90 Å². The van der Waals surface area contributed by atoms with Crippen LogP contribution in [-0.4, -0.2) is 0 Å². The number of hydrogen-bond donors (Lipinski definition) is 0. The molecule has 3 nitrogen and oxygen atoms in total. The summed E-state index contributed by atoms with van der Waals surface area (Å²) in [6, 6.07) is 71.0. The summed E-state index contributed by atoms with van der Waals surface area (Å²) in [4.78, 5) is 2.37. The molecule has 0 saturated heterocycles. The number of furan rings is 2. The summed E-state index contributed by atoms with van der Waals surface area (Å²) in [5.74, 6) is 0. The molecule has 0 aliphatic carbocycles. The molecule has 11 aromatic rings. The molecule has 0 radical (unpaired) electrons. The molecule has 2 aromatic heterocycles. The third kappa shape index (κ3) is 5.20. The molecule has 0 bridgehead atoms. The average molecular weight is 704 g/mol. The fourth-order valence-electron chi connectivity index (χ4n) is 8.23. The van der Waals surface area contributed by atoms with Gasteiger partial charge in [-0.1, -0.05) is 146 Å². The van der Waals surface area contributed by atoms with Crippen LogP contribution in [0.3, 0.4) is 0 Å². The van der Waals surface area contributed by atoms with Crippen LogP contribution in [0.1, 0.15) is 0 Å². The van der Waals surface area contributed by atoms with Crippen LogP contribution >= 0.6 is 0 Å². The summed E-state index contributed by atoms with van der Waals surface area (Å²) in [5, 5.41) is 6.77. The minimum atomic E-state index is 0.883. The molecule has 0 fully saturated rings. The maximum atomic E-state index is 6.51. The van der Waals surface area contributed by atoms with Gasteiger partial charge in [0.2, 0.25) is 0 Å². The predicted molar refractivity (Wildman–Crippen MR) is 229 cm³/mol. The zero-order valence-electron chi connectivity index (χ0n) is 29.8. The van der Waals surface area contributed by atoms with E-state index in [1.54, 1.807) is 0 Å². The number of nitrogens with zero attached hydrogens (tertiary/aromatic N) is 1. The lowest BCUT2D eigenvalue weighted by Crippen LogP contribution is -2.11. The predicted octanol–water partition coefficient (Wildman–Crippen LogP) is 15.1. The fourth-order valence-corrected chi connectivity index (χ4v) is 8.23. The molecule has 0 saturated carbocycles. The first-order chi connectivity index (χ1) is 27.3. The van der Waals surface area contributed by atoms with Crippen LogP contribution in [0.4, 0.5) is 17.1 Å². The molecule has 0 N–H and O–H groups in total. The van der Waals surface area contributed by atoms with E-state index in [0.717, 1.165) is 88.6 Å². The molecule has 258 valence electrons. The molecule has 11 rings (SSSR count). The summed E-state index contributed by atoms with van der Waals surface area (Å²) in [5.41, 5.74) is 13.5. The third-order valence-corrected chi connectivity index (χ3v) is 10.9. The van der Waals surface area contributed by atoms with E-state index in [9.17, 15) is 0 Å². The molecule has 9 aromatic carbocycles. The Morgan fingerprint density at radius 1 is 0.309 bits per heavy atom. The SMILES string of the molecule is c1ccc(-c2ccc(N(c3cccc(-c4cccc5c4oc4ccccc45)c3)c3ccccc3-c3ccc4oc5c6ccccc6ccc5c4c3)cc2)cc1. The van der Waals surface area contributed by atoms with Crippen molar-refractivity contribution in [1.29, 1.82) is 0 Å². The number of fused-ring (bicyclic) bond motifs is 8. The first-order valence-corrected chi connectivity index (χ1v) is 18.7. The van der Waals surface area contributed by atoms with E-state index in [2.05, 4.69) is 193 Å². The van der Waals surface area contributed by atoms with Gasteiger partial charge in [-0.3, -0.25) is 0 Å². The molecular formula is C52H33NO2. The molecule has 3 heteroatoms. The van der Waals surface area contributed by atoms with Crippen molar-refractivity contribution in [2.24, 2.45) is 0 Å². The van der Waals surface area contributed by atoms with Crippen LogP contribution in [0, 0.1) is 0 Å². The van der Waals surface area contributed by atoms with Crippen molar-refractivity contribution in [3.8, 4) is 33.4 Å². The number of anilines is 3. The highest BCUT2D eigenvalue weighted by molar-refractivity contribution is 6.16. The lowest BCUT2D eigenvalue weighted by molar-refractivity contribution is 0.670. The van der Waals surface area contributed by atoms with Gasteiger partial charge in [0.05, 0.1) is 5.69 Å². The number of benzene rings is 9. The van der Waals surface area contributed by atoms with E-state index in [-0.39, 0.29) is 0 Å². The van der Waals surface area contributed by atoms with Crippen LogP contribution < -0.4 is 4.90 Å². The van der Waals surface area contributed by atoms with Gasteiger partial charge < -0.3 is 13.7 Å². The van der Waals surface area contributed by atoms with Gasteiger partial charge >= 0.3 is 0 Å². The Kier molecular flexibility index (Phi) is 7.17. The number of hydrogen-bond acceptors (Lipinski definition) is 3. The van der Waals surface area contributed by atoms with Crippen molar-refractivity contribution < 1.29 is 8.83 Å². The van der Waals surface area contributed by atoms with Crippen molar-refractivity contribution in [1.82, 2.24) is 0 Å². The van der Waals surface area contributed by atoms with E-state index in [1.165, 1.54) is 16.5 Å². The topological polar surface area (TPSA) is 29.5 Å². The number of rotatable bonds is 6. The van der Waals surface area contributed by atoms with Crippen LogP contribution in [0.2, 0.25) is 0 Å². The first-order valence-electron chi connectivity index (χ1n) is 18.7. The Morgan fingerprint density at radius 3 is 1.84 bits per heavy atom. The molecule has 0 aliphatic heterocycles. The quantitative estimate of drug-likeness (QED) is 0.173. The van der Waals surface area contributed by atoms with Gasteiger partial charge in [-0.05, 0) is 82.2 Å². The minimum Gasteiger partial charge on any atom is -0.455 e. The van der Waals surface area contributed by atoms with Crippen LogP contribution in [0.25, 0.3) is 88.0 Å². The molecular weight excluding hydrogens is 671 g/mol.